The van der Waals surface area contributed by atoms with Gasteiger partial charge < -0.3 is 5.32 Å². The molecule has 1 aliphatic carbocycles. The quantitative estimate of drug-likeness (QED) is 0.831. The Labute approximate surface area is 127 Å². The van der Waals surface area contributed by atoms with E-state index in [1.165, 1.54) is 12.8 Å². The first-order valence-corrected chi connectivity index (χ1v) is 7.74. The average molecular weight is 365 g/mol. The molecule has 1 N–H and O–H groups in total. The Hall–Kier alpha value is -1.17. The molecule has 1 fully saturated rings. The predicted molar refractivity (Wildman–Crippen MR) is 86.3 cm³/mol. The van der Waals surface area contributed by atoms with Gasteiger partial charge in [-0.15, -0.1) is 0 Å². The molecule has 0 atom stereocenters. The standard InChI is InChI=1S/C15H16IN3/c1-2-17-15-12(16)13(10-6-4-3-5-7-10)18-14(19-15)11-8-9-11/h3-7,11H,2,8-9H2,1H3,(H,17,18,19). The first-order chi connectivity index (χ1) is 9.29. The summed E-state index contributed by atoms with van der Waals surface area (Å²) in [6, 6.07) is 10.4. The summed E-state index contributed by atoms with van der Waals surface area (Å²) in [7, 11) is 0. The van der Waals surface area contributed by atoms with Crippen LogP contribution in [0, 0.1) is 3.57 Å². The molecule has 0 spiro atoms. The highest BCUT2D eigenvalue weighted by Gasteiger charge is 2.28. The van der Waals surface area contributed by atoms with Gasteiger partial charge >= 0.3 is 0 Å². The van der Waals surface area contributed by atoms with Gasteiger partial charge in [0, 0.05) is 18.0 Å². The van der Waals surface area contributed by atoms with Crippen molar-refractivity contribution in [2.24, 2.45) is 0 Å². The van der Waals surface area contributed by atoms with E-state index in [1.807, 2.05) is 6.07 Å². The highest BCUT2D eigenvalue weighted by atomic mass is 127. The number of nitrogens with zero attached hydrogens (tertiary/aromatic N) is 2. The molecule has 19 heavy (non-hydrogen) atoms. The topological polar surface area (TPSA) is 37.8 Å². The van der Waals surface area contributed by atoms with Crippen molar-refractivity contribution in [1.29, 1.82) is 0 Å². The molecule has 1 aliphatic rings. The molecule has 0 amide bonds. The fourth-order valence-electron chi connectivity index (χ4n) is 2.06. The Morgan fingerprint density at radius 1 is 1.21 bits per heavy atom. The number of rotatable bonds is 4. The van der Waals surface area contributed by atoms with Crippen LogP contribution in [0.4, 0.5) is 5.82 Å². The number of halogens is 1. The number of anilines is 1. The van der Waals surface area contributed by atoms with Crippen molar-refractivity contribution in [3.05, 3.63) is 39.7 Å². The molecule has 4 heteroatoms. The van der Waals surface area contributed by atoms with Gasteiger partial charge in [-0.05, 0) is 42.4 Å². The van der Waals surface area contributed by atoms with E-state index in [1.54, 1.807) is 0 Å². The molecule has 0 bridgehead atoms. The van der Waals surface area contributed by atoms with E-state index in [-0.39, 0.29) is 0 Å². The van der Waals surface area contributed by atoms with Crippen LogP contribution in [0.2, 0.25) is 0 Å². The van der Waals surface area contributed by atoms with Crippen LogP contribution in [0.15, 0.2) is 30.3 Å². The third-order valence-electron chi connectivity index (χ3n) is 3.20. The molecule has 1 aromatic heterocycles. The molecule has 1 heterocycles. The fourth-order valence-corrected chi connectivity index (χ4v) is 2.80. The van der Waals surface area contributed by atoms with Crippen LogP contribution >= 0.6 is 22.6 Å². The zero-order chi connectivity index (χ0) is 13.2. The molecule has 2 aromatic rings. The summed E-state index contributed by atoms with van der Waals surface area (Å²) in [4.78, 5) is 9.47. The van der Waals surface area contributed by atoms with E-state index >= 15 is 0 Å². The summed E-state index contributed by atoms with van der Waals surface area (Å²) >= 11 is 2.34. The van der Waals surface area contributed by atoms with Gasteiger partial charge in [-0.25, -0.2) is 9.97 Å². The summed E-state index contributed by atoms with van der Waals surface area (Å²) in [5.41, 5.74) is 2.21. The molecule has 0 unspecified atom stereocenters. The second-order valence-corrected chi connectivity index (χ2v) is 5.84. The van der Waals surface area contributed by atoms with E-state index in [4.69, 9.17) is 4.98 Å². The zero-order valence-electron chi connectivity index (χ0n) is 10.9. The van der Waals surface area contributed by atoms with Gasteiger partial charge in [-0.2, -0.15) is 0 Å². The van der Waals surface area contributed by atoms with Crippen LogP contribution in [0.3, 0.4) is 0 Å². The van der Waals surface area contributed by atoms with Crippen LogP contribution in [0.1, 0.15) is 31.5 Å². The summed E-state index contributed by atoms with van der Waals surface area (Å²) in [6.07, 6.45) is 2.45. The Kier molecular flexibility index (Phi) is 3.68. The maximum absolute atomic E-state index is 4.79. The molecule has 98 valence electrons. The molecule has 3 rings (SSSR count). The molecule has 0 saturated heterocycles. The number of aromatic nitrogens is 2. The lowest BCUT2D eigenvalue weighted by Gasteiger charge is -2.12. The minimum absolute atomic E-state index is 0.567. The molecule has 3 nitrogen and oxygen atoms in total. The highest BCUT2D eigenvalue weighted by molar-refractivity contribution is 14.1. The summed E-state index contributed by atoms with van der Waals surface area (Å²) in [5.74, 6) is 2.53. The van der Waals surface area contributed by atoms with E-state index < -0.39 is 0 Å². The van der Waals surface area contributed by atoms with Crippen molar-refractivity contribution in [1.82, 2.24) is 9.97 Å². The van der Waals surface area contributed by atoms with Crippen LogP contribution < -0.4 is 5.32 Å². The van der Waals surface area contributed by atoms with Crippen LogP contribution in [0.25, 0.3) is 11.3 Å². The van der Waals surface area contributed by atoms with E-state index in [0.717, 1.165) is 33.0 Å². The van der Waals surface area contributed by atoms with Gasteiger partial charge in [-0.3, -0.25) is 0 Å². The van der Waals surface area contributed by atoms with Gasteiger partial charge in [0.05, 0.1) is 9.26 Å². The van der Waals surface area contributed by atoms with Crippen molar-refractivity contribution in [2.45, 2.75) is 25.7 Å². The predicted octanol–water partition coefficient (Wildman–Crippen LogP) is 4.06. The zero-order valence-corrected chi connectivity index (χ0v) is 13.0. The second kappa shape index (κ2) is 5.45. The molecular weight excluding hydrogens is 349 g/mol. The van der Waals surface area contributed by atoms with E-state index in [9.17, 15) is 0 Å². The van der Waals surface area contributed by atoms with Crippen molar-refractivity contribution < 1.29 is 0 Å². The van der Waals surface area contributed by atoms with Crippen molar-refractivity contribution in [3.8, 4) is 11.3 Å². The minimum Gasteiger partial charge on any atom is -0.369 e. The smallest absolute Gasteiger partial charge is 0.143 e. The summed E-state index contributed by atoms with van der Waals surface area (Å²) in [6.45, 7) is 2.97. The first kappa shape index (κ1) is 12.8. The Bertz CT molecular complexity index is 579. The minimum atomic E-state index is 0.567. The lowest BCUT2D eigenvalue weighted by Crippen LogP contribution is -2.07. The SMILES string of the molecule is CCNc1nc(C2CC2)nc(-c2ccccc2)c1I. The van der Waals surface area contributed by atoms with Gasteiger partial charge in [-0.1, -0.05) is 30.3 Å². The number of benzene rings is 1. The van der Waals surface area contributed by atoms with E-state index in [2.05, 4.69) is 64.1 Å². The fraction of sp³-hybridized carbons (Fsp3) is 0.333. The molecule has 1 saturated carbocycles. The molecule has 1 aromatic carbocycles. The Balaban J connectivity index is 2.11. The average Bonchev–Trinajstić information content (AvgIpc) is 3.27. The first-order valence-electron chi connectivity index (χ1n) is 6.66. The largest absolute Gasteiger partial charge is 0.369 e. The second-order valence-electron chi connectivity index (χ2n) is 4.76. The van der Waals surface area contributed by atoms with Crippen molar-refractivity contribution in [3.63, 3.8) is 0 Å². The van der Waals surface area contributed by atoms with Gasteiger partial charge in [0.15, 0.2) is 0 Å². The summed E-state index contributed by atoms with van der Waals surface area (Å²) in [5, 5.41) is 3.35. The normalized spacial score (nSPS) is 14.4. The monoisotopic (exact) mass is 365 g/mol. The van der Waals surface area contributed by atoms with Gasteiger partial charge in [0.2, 0.25) is 0 Å². The van der Waals surface area contributed by atoms with Crippen molar-refractivity contribution >= 4 is 28.4 Å². The van der Waals surface area contributed by atoms with Crippen LogP contribution in [-0.4, -0.2) is 16.5 Å². The van der Waals surface area contributed by atoms with Gasteiger partial charge in [0.1, 0.15) is 11.6 Å². The van der Waals surface area contributed by atoms with E-state index in [0.29, 0.717) is 5.92 Å². The molecule has 0 aliphatic heterocycles. The molecular formula is C15H16IN3. The maximum atomic E-state index is 4.79. The highest BCUT2D eigenvalue weighted by Crippen LogP contribution is 2.40. The maximum Gasteiger partial charge on any atom is 0.143 e. The van der Waals surface area contributed by atoms with Gasteiger partial charge in [0.25, 0.3) is 0 Å². The van der Waals surface area contributed by atoms with Crippen LogP contribution in [0.5, 0.6) is 0 Å². The molecule has 0 radical (unpaired) electrons. The number of hydrogen-bond donors (Lipinski definition) is 1. The van der Waals surface area contributed by atoms with Crippen molar-refractivity contribution in [2.75, 3.05) is 11.9 Å². The Morgan fingerprint density at radius 2 is 1.95 bits per heavy atom. The third-order valence-corrected chi connectivity index (χ3v) is 4.22. The lowest BCUT2D eigenvalue weighted by molar-refractivity contribution is 0.922. The number of hydrogen-bond acceptors (Lipinski definition) is 3. The Morgan fingerprint density at radius 3 is 2.58 bits per heavy atom. The summed E-state index contributed by atoms with van der Waals surface area (Å²) < 4.78 is 1.11. The lowest BCUT2D eigenvalue weighted by atomic mass is 10.1. The third kappa shape index (κ3) is 2.73. The number of nitrogens with one attached hydrogen (secondary N) is 1. The van der Waals surface area contributed by atoms with Crippen LogP contribution in [-0.2, 0) is 0 Å².